The van der Waals surface area contributed by atoms with Gasteiger partial charge in [-0.15, -0.1) is 0 Å². The van der Waals surface area contributed by atoms with E-state index < -0.39 is 5.97 Å². The second-order valence-electron chi connectivity index (χ2n) is 4.55. The molecule has 1 aromatic heterocycles. The van der Waals surface area contributed by atoms with E-state index >= 15 is 0 Å². The van der Waals surface area contributed by atoms with Crippen molar-refractivity contribution < 1.29 is 14.7 Å². The zero-order valence-electron chi connectivity index (χ0n) is 11.2. The Kier molecular flexibility index (Phi) is 6.63. The van der Waals surface area contributed by atoms with Gasteiger partial charge < -0.3 is 15.4 Å². The fourth-order valence-electron chi connectivity index (χ4n) is 1.76. The molecule has 0 fully saturated rings. The van der Waals surface area contributed by atoms with Crippen LogP contribution in [-0.2, 0) is 16.0 Å². The van der Waals surface area contributed by atoms with Crippen LogP contribution in [0, 0.1) is 6.92 Å². The van der Waals surface area contributed by atoms with Crippen molar-refractivity contribution in [2.45, 2.75) is 45.4 Å². The molecule has 19 heavy (non-hydrogen) atoms. The van der Waals surface area contributed by atoms with Crippen LogP contribution in [0.1, 0.15) is 43.6 Å². The minimum atomic E-state index is -0.859. The van der Waals surface area contributed by atoms with E-state index in [0.717, 1.165) is 30.8 Å². The van der Waals surface area contributed by atoms with Crippen LogP contribution in [0.2, 0.25) is 0 Å². The fraction of sp³-hybridized carbons (Fsp3) is 0.615. The van der Waals surface area contributed by atoms with E-state index in [1.54, 1.807) is 0 Å². The Hall–Kier alpha value is -1.85. The van der Waals surface area contributed by atoms with E-state index in [9.17, 15) is 9.59 Å². The summed E-state index contributed by atoms with van der Waals surface area (Å²) >= 11 is 0. The molecule has 106 valence electrons. The number of carboxylic acid groups (broad SMARTS) is 1. The van der Waals surface area contributed by atoms with Gasteiger partial charge in [-0.25, -0.2) is 4.98 Å². The summed E-state index contributed by atoms with van der Waals surface area (Å²) in [5.74, 6) is -0.0111. The third-order valence-electron chi connectivity index (χ3n) is 2.75. The van der Waals surface area contributed by atoms with Crippen molar-refractivity contribution >= 4 is 11.9 Å². The number of amides is 1. The molecule has 1 heterocycles. The first kappa shape index (κ1) is 15.2. The Labute approximate surface area is 112 Å². The van der Waals surface area contributed by atoms with Gasteiger partial charge in [0, 0.05) is 31.3 Å². The van der Waals surface area contributed by atoms with Crippen LogP contribution in [0.5, 0.6) is 0 Å². The molecule has 0 bridgehead atoms. The van der Waals surface area contributed by atoms with Gasteiger partial charge in [-0.1, -0.05) is 0 Å². The molecule has 0 saturated carbocycles. The molecule has 0 atom stereocenters. The molecule has 0 spiro atoms. The van der Waals surface area contributed by atoms with Crippen LogP contribution >= 0.6 is 0 Å². The van der Waals surface area contributed by atoms with Crippen molar-refractivity contribution in [3.05, 3.63) is 17.7 Å². The van der Waals surface area contributed by atoms with Crippen molar-refractivity contribution in [3.63, 3.8) is 0 Å². The van der Waals surface area contributed by atoms with Gasteiger partial charge in [0.05, 0.1) is 0 Å². The Morgan fingerprint density at radius 2 is 2.11 bits per heavy atom. The Balaban J connectivity index is 1.98. The number of carbonyl (C=O) groups excluding carboxylic acids is 1. The largest absolute Gasteiger partial charge is 0.481 e. The molecule has 1 aromatic rings. The first-order valence-corrected chi connectivity index (χ1v) is 6.57. The number of imidazole rings is 1. The van der Waals surface area contributed by atoms with Crippen molar-refractivity contribution in [1.82, 2.24) is 15.3 Å². The maximum absolute atomic E-state index is 11.3. The van der Waals surface area contributed by atoms with Crippen LogP contribution in [0.3, 0.4) is 0 Å². The molecule has 6 heteroatoms. The zero-order chi connectivity index (χ0) is 14.1. The molecule has 1 amide bonds. The molecule has 0 aliphatic rings. The number of hydrogen-bond acceptors (Lipinski definition) is 3. The van der Waals surface area contributed by atoms with Gasteiger partial charge in [-0.3, -0.25) is 9.59 Å². The summed E-state index contributed by atoms with van der Waals surface area (Å²) in [6, 6.07) is 0. The second kappa shape index (κ2) is 8.29. The summed E-state index contributed by atoms with van der Waals surface area (Å²) in [7, 11) is 0. The highest BCUT2D eigenvalue weighted by Gasteiger charge is 2.03. The molecule has 0 radical (unpaired) electrons. The number of nitrogens with zero attached hydrogens (tertiary/aromatic N) is 1. The number of nitrogens with one attached hydrogen (secondary N) is 2. The number of hydrogen-bond donors (Lipinski definition) is 3. The lowest BCUT2D eigenvalue weighted by Crippen LogP contribution is -2.24. The smallest absolute Gasteiger partial charge is 0.303 e. The fourth-order valence-corrected chi connectivity index (χ4v) is 1.76. The summed E-state index contributed by atoms with van der Waals surface area (Å²) in [6.07, 6.45) is 5.38. The summed E-state index contributed by atoms with van der Waals surface area (Å²) in [5.41, 5.74) is 1.12. The lowest BCUT2D eigenvalue weighted by atomic mass is 10.2. The molecule has 0 aliphatic carbocycles. The SMILES string of the molecule is Cc1ncc(CCCCNC(=O)CCCC(=O)O)[nH]1. The Bertz CT molecular complexity index is 415. The van der Waals surface area contributed by atoms with E-state index in [0.29, 0.717) is 13.0 Å². The number of unbranched alkanes of at least 4 members (excludes halogenated alkanes) is 1. The maximum atomic E-state index is 11.3. The predicted octanol–water partition coefficient (Wildman–Crippen LogP) is 1.41. The van der Waals surface area contributed by atoms with Crippen LogP contribution in [0.15, 0.2) is 6.20 Å². The van der Waals surface area contributed by atoms with Crippen molar-refractivity contribution in [3.8, 4) is 0 Å². The van der Waals surface area contributed by atoms with E-state index in [-0.39, 0.29) is 18.7 Å². The van der Waals surface area contributed by atoms with E-state index in [1.807, 2.05) is 13.1 Å². The normalized spacial score (nSPS) is 10.4. The first-order valence-electron chi connectivity index (χ1n) is 6.57. The molecule has 0 aliphatic heterocycles. The molecule has 0 aromatic carbocycles. The maximum Gasteiger partial charge on any atom is 0.303 e. The van der Waals surface area contributed by atoms with Gasteiger partial charge >= 0.3 is 5.97 Å². The summed E-state index contributed by atoms with van der Waals surface area (Å²) < 4.78 is 0. The van der Waals surface area contributed by atoms with Gasteiger partial charge in [0.1, 0.15) is 5.82 Å². The minimum Gasteiger partial charge on any atom is -0.481 e. The van der Waals surface area contributed by atoms with Crippen LogP contribution < -0.4 is 5.32 Å². The third kappa shape index (κ3) is 7.23. The van der Waals surface area contributed by atoms with Gasteiger partial charge in [-0.05, 0) is 32.6 Å². The Morgan fingerprint density at radius 3 is 2.74 bits per heavy atom. The lowest BCUT2D eigenvalue weighted by Gasteiger charge is -2.04. The first-order chi connectivity index (χ1) is 9.08. The summed E-state index contributed by atoms with van der Waals surface area (Å²) in [5, 5.41) is 11.2. The van der Waals surface area contributed by atoms with Crippen LogP contribution in [0.4, 0.5) is 0 Å². The van der Waals surface area contributed by atoms with Crippen molar-refractivity contribution in [1.29, 1.82) is 0 Å². The molecular formula is C13H21N3O3. The van der Waals surface area contributed by atoms with Gasteiger partial charge in [0.2, 0.25) is 5.91 Å². The number of rotatable bonds is 9. The second-order valence-corrected chi connectivity index (χ2v) is 4.55. The number of aromatic amines is 1. The number of carbonyl (C=O) groups is 2. The highest BCUT2D eigenvalue weighted by atomic mass is 16.4. The predicted molar refractivity (Wildman–Crippen MR) is 70.8 cm³/mol. The minimum absolute atomic E-state index is 0.0482. The van der Waals surface area contributed by atoms with Gasteiger partial charge in [-0.2, -0.15) is 0 Å². The number of aromatic nitrogens is 2. The molecule has 1 rings (SSSR count). The van der Waals surface area contributed by atoms with Crippen molar-refractivity contribution in [2.24, 2.45) is 0 Å². The molecule has 0 unspecified atom stereocenters. The zero-order valence-corrected chi connectivity index (χ0v) is 11.2. The standard InChI is InChI=1S/C13H21N3O3/c1-10-15-9-11(16-10)5-2-3-8-14-12(17)6-4-7-13(18)19/h9H,2-8H2,1H3,(H,14,17)(H,15,16)(H,18,19). The average molecular weight is 267 g/mol. The third-order valence-corrected chi connectivity index (χ3v) is 2.75. The number of H-pyrrole nitrogens is 1. The molecule has 0 saturated heterocycles. The molecule has 6 nitrogen and oxygen atoms in total. The number of aryl methyl sites for hydroxylation is 2. The molecule has 3 N–H and O–H groups in total. The topological polar surface area (TPSA) is 95.1 Å². The van der Waals surface area contributed by atoms with Crippen LogP contribution in [-0.4, -0.2) is 33.5 Å². The number of carboxylic acids is 1. The number of aliphatic carboxylic acids is 1. The van der Waals surface area contributed by atoms with Crippen LogP contribution in [0.25, 0.3) is 0 Å². The van der Waals surface area contributed by atoms with Gasteiger partial charge in [0.15, 0.2) is 0 Å². The quantitative estimate of drug-likeness (QED) is 0.589. The molecular weight excluding hydrogens is 246 g/mol. The van der Waals surface area contributed by atoms with E-state index in [1.165, 1.54) is 0 Å². The highest BCUT2D eigenvalue weighted by molar-refractivity contribution is 5.76. The highest BCUT2D eigenvalue weighted by Crippen LogP contribution is 2.02. The average Bonchev–Trinajstić information content (AvgIpc) is 2.74. The monoisotopic (exact) mass is 267 g/mol. The lowest BCUT2D eigenvalue weighted by molar-refractivity contribution is -0.137. The van der Waals surface area contributed by atoms with Gasteiger partial charge in [0.25, 0.3) is 0 Å². The Morgan fingerprint density at radius 1 is 1.32 bits per heavy atom. The summed E-state index contributed by atoms with van der Waals surface area (Å²) in [4.78, 5) is 28.9. The van der Waals surface area contributed by atoms with E-state index in [4.69, 9.17) is 5.11 Å². The van der Waals surface area contributed by atoms with Crippen molar-refractivity contribution in [2.75, 3.05) is 6.54 Å². The summed E-state index contributed by atoms with van der Waals surface area (Å²) in [6.45, 7) is 2.56. The van der Waals surface area contributed by atoms with E-state index in [2.05, 4.69) is 15.3 Å².